The number of urea groups is 1. The summed E-state index contributed by atoms with van der Waals surface area (Å²) >= 11 is 5.88. The number of fused-ring (bicyclic) bond motifs is 1. The molecule has 0 saturated heterocycles. The van der Waals surface area contributed by atoms with E-state index in [1.807, 2.05) is 6.92 Å². The number of carbonyl (C=O) groups excluding carboxylic acids is 1. The molecule has 2 amide bonds. The van der Waals surface area contributed by atoms with Crippen LogP contribution in [0.2, 0.25) is 5.02 Å². The van der Waals surface area contributed by atoms with Gasteiger partial charge in [-0.25, -0.2) is 19.7 Å². The molecule has 0 saturated carbocycles. The molecular formula is C21H18ClN7O2. The van der Waals surface area contributed by atoms with Crippen molar-refractivity contribution in [3.8, 4) is 17.7 Å². The lowest BCUT2D eigenvalue weighted by molar-refractivity contribution is 0.235. The van der Waals surface area contributed by atoms with Crippen LogP contribution in [0, 0.1) is 11.8 Å². The number of carbonyl (C=O) groups is 1. The predicted octanol–water partition coefficient (Wildman–Crippen LogP) is 2.57. The van der Waals surface area contributed by atoms with Crippen molar-refractivity contribution in [2.24, 2.45) is 0 Å². The van der Waals surface area contributed by atoms with Crippen molar-refractivity contribution in [1.82, 2.24) is 25.3 Å². The van der Waals surface area contributed by atoms with Crippen LogP contribution in [0.1, 0.15) is 29.8 Å². The minimum atomic E-state index is -0.308. The summed E-state index contributed by atoms with van der Waals surface area (Å²) in [5.41, 5.74) is 7.96. The number of rotatable bonds is 2. The number of pyridine rings is 2. The molecule has 3 aromatic heterocycles. The van der Waals surface area contributed by atoms with Crippen molar-refractivity contribution in [1.29, 1.82) is 0 Å². The molecule has 10 heteroatoms. The topological polar surface area (TPSA) is 119 Å². The summed E-state index contributed by atoms with van der Waals surface area (Å²) in [7, 11) is 0. The molecule has 0 unspecified atom stereocenters. The number of nitrogens with one attached hydrogen (secondary N) is 1. The molecule has 0 aliphatic carbocycles. The normalized spacial score (nSPS) is 13.3. The summed E-state index contributed by atoms with van der Waals surface area (Å²) in [5, 5.41) is 3.48. The van der Waals surface area contributed by atoms with Crippen LogP contribution in [-0.2, 0) is 0 Å². The molecule has 156 valence electrons. The van der Waals surface area contributed by atoms with Gasteiger partial charge >= 0.3 is 6.03 Å². The highest BCUT2D eigenvalue weighted by Crippen LogP contribution is 2.30. The maximum atomic E-state index is 12.9. The number of nitrogens with zero attached hydrogens (tertiary/aromatic N) is 5. The fourth-order valence-electron chi connectivity index (χ4n) is 2.91. The van der Waals surface area contributed by atoms with Gasteiger partial charge in [0.25, 0.3) is 0 Å². The fraction of sp³-hybridized carbons (Fsp3) is 0.190. The molecular weight excluding hydrogens is 418 g/mol. The molecule has 1 atom stereocenters. The Balaban J connectivity index is 1.53. The molecule has 1 aliphatic rings. The number of ether oxygens (including phenoxy) is 1. The minimum Gasteiger partial charge on any atom is -0.474 e. The zero-order chi connectivity index (χ0) is 21.8. The number of nitrogens with two attached hydrogens (primary N) is 1. The van der Waals surface area contributed by atoms with Gasteiger partial charge in [-0.3, -0.25) is 9.88 Å². The van der Waals surface area contributed by atoms with Gasteiger partial charge in [-0.15, -0.1) is 0 Å². The van der Waals surface area contributed by atoms with Crippen molar-refractivity contribution in [3.63, 3.8) is 0 Å². The second-order valence-corrected chi connectivity index (χ2v) is 7.14. The van der Waals surface area contributed by atoms with E-state index in [0.29, 0.717) is 46.6 Å². The lowest BCUT2D eigenvalue weighted by Gasteiger charge is -2.30. The molecule has 31 heavy (non-hydrogen) atoms. The molecule has 0 radical (unpaired) electrons. The Kier molecular flexibility index (Phi) is 5.82. The van der Waals surface area contributed by atoms with Crippen molar-refractivity contribution in [2.45, 2.75) is 13.0 Å². The second-order valence-electron chi connectivity index (χ2n) is 6.70. The zero-order valence-electron chi connectivity index (χ0n) is 16.5. The lowest BCUT2D eigenvalue weighted by Crippen LogP contribution is -2.45. The average molecular weight is 436 g/mol. The molecule has 0 aromatic carbocycles. The first-order valence-corrected chi connectivity index (χ1v) is 9.79. The quantitative estimate of drug-likeness (QED) is 0.593. The Bertz CT molecular complexity index is 1160. The Morgan fingerprint density at radius 2 is 1.90 bits per heavy atom. The summed E-state index contributed by atoms with van der Waals surface area (Å²) in [6.45, 7) is 2.57. The number of hydrogen-bond donors (Lipinski definition) is 2. The van der Waals surface area contributed by atoms with E-state index in [1.54, 1.807) is 35.5 Å². The Labute approximate surface area is 183 Å². The van der Waals surface area contributed by atoms with Gasteiger partial charge in [-0.1, -0.05) is 23.4 Å². The minimum absolute atomic E-state index is 0.183. The number of aromatic nitrogens is 4. The molecule has 0 bridgehead atoms. The van der Waals surface area contributed by atoms with Crippen LogP contribution in [0.25, 0.3) is 0 Å². The standard InChI is InChI=1S/C21H18ClN7O2/c1-13(17-5-4-16(22)12-24-17)28-21(30)29-6-7-31-19-18(29)8-14(9-25-19)2-3-15-10-26-20(23)27-11-15/h4-5,8-13H,6-7H2,1H3,(H,28,30)(H2,23,26,27)/t13-/m0/s1. The van der Waals surface area contributed by atoms with Gasteiger partial charge in [0.05, 0.1) is 28.9 Å². The van der Waals surface area contributed by atoms with E-state index in [2.05, 4.69) is 37.1 Å². The Hall–Kier alpha value is -3.90. The van der Waals surface area contributed by atoms with Crippen molar-refractivity contribution in [3.05, 3.63) is 64.8 Å². The third-order valence-corrected chi connectivity index (χ3v) is 4.70. The summed E-state index contributed by atoms with van der Waals surface area (Å²) in [6, 6.07) is 4.68. The lowest BCUT2D eigenvalue weighted by atomic mass is 10.2. The number of amides is 2. The maximum absolute atomic E-state index is 12.9. The summed E-state index contributed by atoms with van der Waals surface area (Å²) in [5.74, 6) is 6.50. The Morgan fingerprint density at radius 3 is 2.65 bits per heavy atom. The van der Waals surface area contributed by atoms with Crippen LogP contribution in [-0.4, -0.2) is 39.1 Å². The first kappa shape index (κ1) is 20.4. The monoisotopic (exact) mass is 435 g/mol. The van der Waals surface area contributed by atoms with Crippen molar-refractivity contribution >= 4 is 29.3 Å². The van der Waals surface area contributed by atoms with Gasteiger partial charge in [-0.05, 0) is 25.1 Å². The van der Waals surface area contributed by atoms with Gasteiger partial charge < -0.3 is 15.8 Å². The molecule has 0 fully saturated rings. The maximum Gasteiger partial charge on any atom is 0.322 e. The number of hydrogen-bond acceptors (Lipinski definition) is 7. The number of nitrogen functional groups attached to an aromatic ring is 1. The third-order valence-electron chi connectivity index (χ3n) is 4.48. The Morgan fingerprint density at radius 1 is 1.16 bits per heavy atom. The van der Waals surface area contributed by atoms with Crippen LogP contribution in [0.3, 0.4) is 0 Å². The van der Waals surface area contributed by atoms with E-state index in [9.17, 15) is 4.79 Å². The molecule has 3 aromatic rings. The van der Waals surface area contributed by atoms with Crippen molar-refractivity contribution < 1.29 is 9.53 Å². The number of anilines is 2. The van der Waals surface area contributed by atoms with E-state index in [0.717, 1.165) is 0 Å². The van der Waals surface area contributed by atoms with Crippen LogP contribution in [0.4, 0.5) is 16.4 Å². The molecule has 9 nitrogen and oxygen atoms in total. The smallest absolute Gasteiger partial charge is 0.322 e. The highest BCUT2D eigenvalue weighted by Gasteiger charge is 2.26. The number of halogens is 1. The largest absolute Gasteiger partial charge is 0.474 e. The molecule has 0 spiro atoms. The van der Waals surface area contributed by atoms with Gasteiger partial charge in [0.1, 0.15) is 12.3 Å². The SMILES string of the molecule is C[C@H](NC(=O)N1CCOc2ncc(C#Cc3cnc(N)nc3)cc21)c1ccc(Cl)cn1. The summed E-state index contributed by atoms with van der Waals surface area (Å²) < 4.78 is 5.60. The van der Waals surface area contributed by atoms with Crippen LogP contribution >= 0.6 is 11.6 Å². The molecule has 4 rings (SSSR count). The van der Waals surface area contributed by atoms with E-state index >= 15 is 0 Å². The van der Waals surface area contributed by atoms with E-state index < -0.39 is 0 Å². The zero-order valence-corrected chi connectivity index (χ0v) is 17.3. The summed E-state index contributed by atoms with van der Waals surface area (Å²) in [4.78, 5) is 30.9. The third kappa shape index (κ3) is 4.82. The van der Waals surface area contributed by atoms with Crippen molar-refractivity contribution in [2.75, 3.05) is 23.8 Å². The van der Waals surface area contributed by atoms with E-state index in [-0.39, 0.29) is 18.0 Å². The first-order valence-electron chi connectivity index (χ1n) is 9.41. The first-order chi connectivity index (χ1) is 15.0. The van der Waals surface area contributed by atoms with Crippen LogP contribution in [0.5, 0.6) is 5.88 Å². The van der Waals surface area contributed by atoms with Gasteiger partial charge in [0.15, 0.2) is 0 Å². The van der Waals surface area contributed by atoms with E-state index in [1.165, 1.54) is 12.4 Å². The van der Waals surface area contributed by atoms with Gasteiger partial charge in [-0.2, -0.15) is 0 Å². The molecule has 4 heterocycles. The van der Waals surface area contributed by atoms with Crippen LogP contribution in [0.15, 0.2) is 43.0 Å². The fourth-order valence-corrected chi connectivity index (χ4v) is 3.02. The average Bonchev–Trinajstić information content (AvgIpc) is 2.78. The van der Waals surface area contributed by atoms with Gasteiger partial charge in [0.2, 0.25) is 11.8 Å². The second kappa shape index (κ2) is 8.85. The molecule has 3 N–H and O–H groups in total. The van der Waals surface area contributed by atoms with E-state index in [4.69, 9.17) is 22.1 Å². The highest BCUT2D eigenvalue weighted by atomic mass is 35.5. The predicted molar refractivity (Wildman–Crippen MR) is 116 cm³/mol. The highest BCUT2D eigenvalue weighted by molar-refractivity contribution is 6.30. The summed E-state index contributed by atoms with van der Waals surface area (Å²) in [6.07, 6.45) is 6.21. The van der Waals surface area contributed by atoms with Crippen LogP contribution < -0.4 is 20.7 Å². The van der Waals surface area contributed by atoms with Gasteiger partial charge in [0, 0.05) is 30.4 Å². The molecule has 1 aliphatic heterocycles.